The number of aromatic amines is 1. The molecule has 0 aliphatic heterocycles. The maximum atomic E-state index is 13.4. The number of rotatable bonds is 21. The fourth-order valence-electron chi connectivity index (χ4n) is 3.82. The van der Waals surface area contributed by atoms with Crippen LogP contribution >= 0.6 is 0 Å². The lowest BCUT2D eigenvalue weighted by atomic mass is 10.0. The number of imidazole rings is 1. The first-order valence-electron chi connectivity index (χ1n) is 13.6. The van der Waals surface area contributed by atoms with Crippen LogP contribution in [0, 0.1) is 0 Å². The number of carboxylic acid groups (broad SMARTS) is 1. The van der Waals surface area contributed by atoms with E-state index in [2.05, 4.69) is 35.9 Å². The molecule has 0 aromatic carbocycles. The predicted molar refractivity (Wildman–Crippen MR) is 156 cm³/mol. The Balaban J connectivity index is 3.06. The van der Waals surface area contributed by atoms with Gasteiger partial charge in [-0.05, 0) is 45.1 Å². The van der Waals surface area contributed by atoms with Crippen LogP contribution in [0.1, 0.15) is 50.6 Å². The summed E-state index contributed by atoms with van der Waals surface area (Å²) < 4.78 is 0. The number of hydrogen-bond acceptors (Lipinski definition) is 9. The zero-order chi connectivity index (χ0) is 31.5. The number of guanidine groups is 2. The van der Waals surface area contributed by atoms with Gasteiger partial charge in [0.2, 0.25) is 17.7 Å². The molecule has 1 heterocycles. The normalized spacial score (nSPS) is 13.6. The first-order valence-corrected chi connectivity index (χ1v) is 13.6. The summed E-state index contributed by atoms with van der Waals surface area (Å²) in [6.45, 7) is 0.795. The van der Waals surface area contributed by atoms with Crippen LogP contribution < -0.4 is 50.4 Å². The Morgan fingerprint density at radius 3 is 1.88 bits per heavy atom. The molecule has 236 valence electrons. The number of aliphatic imine (C=N–C) groups is 2. The van der Waals surface area contributed by atoms with Gasteiger partial charge >= 0.3 is 5.97 Å². The largest absolute Gasteiger partial charge is 0.480 e. The van der Waals surface area contributed by atoms with Gasteiger partial charge in [0.15, 0.2) is 11.9 Å². The summed E-state index contributed by atoms with van der Waals surface area (Å²) in [5.74, 6) is -3.53. The van der Waals surface area contributed by atoms with Gasteiger partial charge in [-0.15, -0.1) is 0 Å². The number of nitrogens with one attached hydrogen (secondary N) is 4. The molecule has 1 rings (SSSR count). The molecule has 3 amide bonds. The number of nitrogens with zero attached hydrogens (tertiary/aromatic N) is 3. The van der Waals surface area contributed by atoms with E-state index in [4.69, 9.17) is 34.4 Å². The molecule has 0 radical (unpaired) electrons. The molecule has 1 aromatic heterocycles. The van der Waals surface area contributed by atoms with Crippen LogP contribution in [0.4, 0.5) is 0 Å². The number of hydrogen-bond donors (Lipinski definition) is 11. The van der Waals surface area contributed by atoms with Gasteiger partial charge < -0.3 is 60.4 Å². The Bertz CT molecular complexity index is 1040. The van der Waals surface area contributed by atoms with Gasteiger partial charge in [0.25, 0.3) is 0 Å². The third-order valence-electron chi connectivity index (χ3n) is 6.06. The van der Waals surface area contributed by atoms with Gasteiger partial charge in [0, 0.05) is 31.4 Å². The zero-order valence-electron chi connectivity index (χ0n) is 23.6. The number of nitrogens with two attached hydrogens (primary N) is 6. The maximum Gasteiger partial charge on any atom is 0.326 e. The van der Waals surface area contributed by atoms with E-state index < -0.39 is 47.9 Å². The van der Waals surface area contributed by atoms with E-state index in [1.807, 2.05) is 0 Å². The van der Waals surface area contributed by atoms with Crippen molar-refractivity contribution in [1.29, 1.82) is 0 Å². The SMILES string of the molecule is NCCCC[C@H](N)C(=O)N[C@@H](Cc1cnc[nH]1)C(=O)N[C@@H](CCCN=C(N)N)C(=O)N[C@@H](CCCN=C(N)N)C(=O)O. The molecule has 17 N–H and O–H groups in total. The molecule has 18 heteroatoms. The minimum Gasteiger partial charge on any atom is -0.480 e. The van der Waals surface area contributed by atoms with Crippen LogP contribution in [0.2, 0.25) is 0 Å². The number of aromatic nitrogens is 2. The molecule has 0 saturated carbocycles. The van der Waals surface area contributed by atoms with E-state index in [9.17, 15) is 24.3 Å². The number of carbonyl (C=O) groups excluding carboxylic acids is 3. The summed E-state index contributed by atoms with van der Waals surface area (Å²) >= 11 is 0. The van der Waals surface area contributed by atoms with E-state index >= 15 is 0 Å². The molecule has 0 aliphatic rings. The summed E-state index contributed by atoms with van der Waals surface area (Å²) in [7, 11) is 0. The maximum absolute atomic E-state index is 13.4. The van der Waals surface area contributed by atoms with Crippen molar-refractivity contribution in [1.82, 2.24) is 25.9 Å². The summed E-state index contributed by atoms with van der Waals surface area (Å²) in [6, 6.07) is -4.44. The first kappa shape index (κ1) is 35.6. The second-order valence-corrected chi connectivity index (χ2v) is 9.59. The zero-order valence-corrected chi connectivity index (χ0v) is 23.6. The van der Waals surface area contributed by atoms with Gasteiger partial charge in [-0.3, -0.25) is 24.4 Å². The number of carbonyl (C=O) groups is 4. The summed E-state index contributed by atoms with van der Waals surface area (Å²) in [6.07, 6.45) is 5.30. The van der Waals surface area contributed by atoms with Gasteiger partial charge in [-0.2, -0.15) is 0 Å². The highest BCUT2D eigenvalue weighted by Gasteiger charge is 2.30. The lowest BCUT2D eigenvalue weighted by Crippen LogP contribution is -2.57. The minimum atomic E-state index is -1.27. The van der Waals surface area contributed by atoms with E-state index in [1.165, 1.54) is 12.5 Å². The quantitative estimate of drug-likeness (QED) is 0.0368. The van der Waals surface area contributed by atoms with E-state index in [0.717, 1.165) is 0 Å². The second-order valence-electron chi connectivity index (χ2n) is 9.59. The molecular formula is C24H45N13O5. The molecule has 1 aromatic rings. The summed E-state index contributed by atoms with van der Waals surface area (Å²) in [4.78, 5) is 65.7. The van der Waals surface area contributed by atoms with Crippen molar-refractivity contribution in [2.24, 2.45) is 44.4 Å². The third kappa shape index (κ3) is 14.8. The molecule has 0 aliphatic carbocycles. The Kier molecular flexibility index (Phi) is 16.6. The average Bonchev–Trinajstić information content (AvgIpc) is 3.44. The van der Waals surface area contributed by atoms with Gasteiger partial charge in [0.05, 0.1) is 12.4 Å². The summed E-state index contributed by atoms with van der Waals surface area (Å²) in [5.41, 5.74) is 33.4. The van der Waals surface area contributed by atoms with Gasteiger partial charge in [0.1, 0.15) is 18.1 Å². The third-order valence-corrected chi connectivity index (χ3v) is 6.06. The Hall–Kier alpha value is -4.45. The Morgan fingerprint density at radius 2 is 1.36 bits per heavy atom. The smallest absolute Gasteiger partial charge is 0.326 e. The number of unbranched alkanes of at least 4 members (excludes halogenated alkanes) is 1. The highest BCUT2D eigenvalue weighted by atomic mass is 16.4. The Labute approximate surface area is 243 Å². The predicted octanol–water partition coefficient (Wildman–Crippen LogP) is -3.95. The molecule has 42 heavy (non-hydrogen) atoms. The second kappa shape index (κ2) is 19.6. The number of amides is 3. The van der Waals surface area contributed by atoms with Crippen molar-refractivity contribution >= 4 is 35.6 Å². The molecular weight excluding hydrogens is 550 g/mol. The number of carboxylic acids is 1. The standard InChI is InChI=1S/C24H45N13O5/c25-8-2-1-5-15(26)19(38)37-18(11-14-12-31-13-34-14)21(40)35-16(6-3-9-32-23(27)28)20(39)36-17(22(41)42)7-4-10-33-24(29)30/h12-13,15-18H,1-11,25-26H2,(H,31,34)(H,35,40)(H,36,39)(H,37,38)(H,41,42)(H4,27,28,32)(H4,29,30,33)/t15-,16-,17-,18-/m0/s1. The number of H-pyrrole nitrogens is 1. The highest BCUT2D eigenvalue weighted by molar-refractivity contribution is 5.94. The highest BCUT2D eigenvalue weighted by Crippen LogP contribution is 2.07. The van der Waals surface area contributed by atoms with Gasteiger partial charge in [-0.25, -0.2) is 9.78 Å². The van der Waals surface area contributed by atoms with Crippen LogP contribution in [-0.4, -0.2) is 94.5 Å². The van der Waals surface area contributed by atoms with E-state index in [0.29, 0.717) is 31.5 Å². The Morgan fingerprint density at radius 1 is 0.810 bits per heavy atom. The topological polar surface area (TPSA) is 334 Å². The molecule has 0 fully saturated rings. The van der Waals surface area contributed by atoms with Crippen LogP contribution in [0.25, 0.3) is 0 Å². The van der Waals surface area contributed by atoms with Crippen molar-refractivity contribution in [3.63, 3.8) is 0 Å². The van der Waals surface area contributed by atoms with Crippen LogP contribution in [0.15, 0.2) is 22.5 Å². The van der Waals surface area contributed by atoms with E-state index in [-0.39, 0.29) is 57.1 Å². The van der Waals surface area contributed by atoms with Crippen molar-refractivity contribution in [2.45, 2.75) is 75.5 Å². The lowest BCUT2D eigenvalue weighted by Gasteiger charge is -2.25. The van der Waals surface area contributed by atoms with E-state index in [1.54, 1.807) is 0 Å². The van der Waals surface area contributed by atoms with Gasteiger partial charge in [-0.1, -0.05) is 6.42 Å². The fourth-order valence-corrected chi connectivity index (χ4v) is 3.82. The van der Waals surface area contributed by atoms with Crippen molar-refractivity contribution in [2.75, 3.05) is 19.6 Å². The minimum absolute atomic E-state index is 0.0258. The van der Waals surface area contributed by atoms with Crippen molar-refractivity contribution in [3.05, 3.63) is 18.2 Å². The number of aliphatic carboxylic acids is 1. The lowest BCUT2D eigenvalue weighted by molar-refractivity contribution is -0.142. The monoisotopic (exact) mass is 595 g/mol. The fraction of sp³-hybridized carbons (Fsp3) is 0.625. The van der Waals surface area contributed by atoms with Crippen LogP contribution in [0.3, 0.4) is 0 Å². The van der Waals surface area contributed by atoms with Crippen LogP contribution in [-0.2, 0) is 25.6 Å². The first-order chi connectivity index (χ1) is 19.9. The molecule has 0 bridgehead atoms. The molecule has 4 atom stereocenters. The molecule has 0 unspecified atom stereocenters. The van der Waals surface area contributed by atoms with Crippen molar-refractivity contribution in [3.8, 4) is 0 Å². The summed E-state index contributed by atoms with van der Waals surface area (Å²) in [5, 5.41) is 17.3. The molecule has 18 nitrogen and oxygen atoms in total. The van der Waals surface area contributed by atoms with Crippen molar-refractivity contribution < 1.29 is 24.3 Å². The molecule has 0 saturated heterocycles. The molecule has 0 spiro atoms. The average molecular weight is 596 g/mol. The van der Waals surface area contributed by atoms with Crippen LogP contribution in [0.5, 0.6) is 0 Å².